The molecular weight excluding hydrogens is 368 g/mol. The molecule has 7 heteroatoms. The van der Waals surface area contributed by atoms with Crippen molar-refractivity contribution in [2.75, 3.05) is 10.6 Å². The summed E-state index contributed by atoms with van der Waals surface area (Å²) >= 11 is 0. The number of imidazole rings is 1. The van der Waals surface area contributed by atoms with Crippen molar-refractivity contribution < 1.29 is 14.4 Å². The van der Waals surface area contributed by atoms with Gasteiger partial charge in [0.15, 0.2) is 5.82 Å². The van der Waals surface area contributed by atoms with Gasteiger partial charge >= 0.3 is 0 Å². The molecule has 1 aromatic heterocycles. The second-order valence-electron chi connectivity index (χ2n) is 6.39. The summed E-state index contributed by atoms with van der Waals surface area (Å²) in [6, 6.07) is 13.8. The highest BCUT2D eigenvalue weighted by Crippen LogP contribution is 2.14. The Morgan fingerprint density at radius 2 is 1.55 bits per heavy atom. The monoisotopic (exact) mass is 388 g/mol. The fourth-order valence-electron chi connectivity index (χ4n) is 2.66. The number of carbonyl (C=O) groups excluding carboxylic acids is 3. The third-order valence-electron chi connectivity index (χ3n) is 4.10. The number of hydrogen-bond donors (Lipinski definition) is 2. The summed E-state index contributed by atoms with van der Waals surface area (Å²) in [5.41, 5.74) is 2.59. The predicted molar refractivity (Wildman–Crippen MR) is 111 cm³/mol. The minimum atomic E-state index is -0.292. The Labute approximate surface area is 168 Å². The van der Waals surface area contributed by atoms with Crippen LogP contribution in [0.2, 0.25) is 0 Å². The van der Waals surface area contributed by atoms with Crippen LogP contribution in [0.4, 0.5) is 11.4 Å². The summed E-state index contributed by atoms with van der Waals surface area (Å²) < 4.78 is 1.66. The maximum absolute atomic E-state index is 12.4. The fraction of sp³-hybridized carbons (Fsp3) is 0.0909. The van der Waals surface area contributed by atoms with E-state index in [1.807, 2.05) is 0 Å². The molecule has 0 atom stereocenters. The number of nitrogens with one attached hydrogen (secondary N) is 2. The van der Waals surface area contributed by atoms with Gasteiger partial charge in [-0.25, -0.2) is 4.98 Å². The molecule has 29 heavy (non-hydrogen) atoms. The summed E-state index contributed by atoms with van der Waals surface area (Å²) in [6.45, 7) is 1.44. The van der Waals surface area contributed by atoms with Gasteiger partial charge < -0.3 is 15.2 Å². The third-order valence-corrected chi connectivity index (χ3v) is 4.10. The first-order valence-corrected chi connectivity index (χ1v) is 8.91. The molecule has 0 radical (unpaired) electrons. The van der Waals surface area contributed by atoms with Gasteiger partial charge in [0.25, 0.3) is 0 Å². The highest BCUT2D eigenvalue weighted by molar-refractivity contribution is 6.07. The van der Waals surface area contributed by atoms with Crippen molar-refractivity contribution in [2.24, 2.45) is 7.05 Å². The van der Waals surface area contributed by atoms with Gasteiger partial charge in [0, 0.05) is 49.4 Å². The Hall–Kier alpha value is -4.00. The van der Waals surface area contributed by atoms with E-state index in [2.05, 4.69) is 15.6 Å². The van der Waals surface area contributed by atoms with Gasteiger partial charge in [-0.3, -0.25) is 14.4 Å². The topological polar surface area (TPSA) is 93.1 Å². The van der Waals surface area contributed by atoms with Gasteiger partial charge in [-0.15, -0.1) is 0 Å². The van der Waals surface area contributed by atoms with Gasteiger partial charge in [0.2, 0.25) is 17.6 Å². The lowest BCUT2D eigenvalue weighted by Crippen LogP contribution is -2.10. The number of aromatic nitrogens is 2. The van der Waals surface area contributed by atoms with Gasteiger partial charge in [0.1, 0.15) is 0 Å². The molecule has 0 saturated heterocycles. The second-order valence-corrected chi connectivity index (χ2v) is 6.39. The van der Waals surface area contributed by atoms with Crippen LogP contribution in [0.15, 0.2) is 67.0 Å². The minimum absolute atomic E-state index is 0.139. The molecule has 146 valence electrons. The van der Waals surface area contributed by atoms with E-state index in [0.717, 1.165) is 5.56 Å². The van der Waals surface area contributed by atoms with Gasteiger partial charge in [0.05, 0.1) is 0 Å². The van der Waals surface area contributed by atoms with E-state index < -0.39 is 0 Å². The molecule has 0 fully saturated rings. The molecule has 0 spiro atoms. The number of aryl methyl sites for hydroxylation is 1. The van der Waals surface area contributed by atoms with Crippen LogP contribution in [0.25, 0.3) is 6.08 Å². The fourth-order valence-corrected chi connectivity index (χ4v) is 2.66. The Balaban J connectivity index is 1.59. The van der Waals surface area contributed by atoms with E-state index in [1.165, 1.54) is 13.0 Å². The van der Waals surface area contributed by atoms with Crippen molar-refractivity contribution in [3.05, 3.63) is 84.0 Å². The Bertz CT molecular complexity index is 1060. The Morgan fingerprint density at radius 3 is 2.14 bits per heavy atom. The molecule has 3 aromatic rings. The molecule has 0 bridgehead atoms. The van der Waals surface area contributed by atoms with Crippen LogP contribution in [-0.2, 0) is 16.6 Å². The lowest BCUT2D eigenvalue weighted by molar-refractivity contribution is -0.114. The van der Waals surface area contributed by atoms with Gasteiger partial charge in [-0.1, -0.05) is 12.1 Å². The van der Waals surface area contributed by atoms with E-state index in [0.29, 0.717) is 22.8 Å². The molecule has 2 amide bonds. The number of benzene rings is 2. The van der Waals surface area contributed by atoms with Crippen molar-refractivity contribution in [3.63, 3.8) is 0 Å². The van der Waals surface area contributed by atoms with E-state index >= 15 is 0 Å². The average molecular weight is 388 g/mol. The van der Waals surface area contributed by atoms with Crippen molar-refractivity contribution in [3.8, 4) is 0 Å². The normalized spacial score (nSPS) is 10.7. The molecule has 0 aliphatic rings. The van der Waals surface area contributed by atoms with Crippen LogP contribution in [-0.4, -0.2) is 27.1 Å². The van der Waals surface area contributed by atoms with Crippen LogP contribution in [0, 0.1) is 0 Å². The molecule has 1 heterocycles. The first kappa shape index (κ1) is 19.8. The highest BCUT2D eigenvalue weighted by Gasteiger charge is 2.13. The number of carbonyl (C=O) groups is 3. The predicted octanol–water partition coefficient (Wildman–Crippen LogP) is 3.26. The number of amides is 2. The van der Waals surface area contributed by atoms with E-state index in [4.69, 9.17) is 0 Å². The van der Waals surface area contributed by atoms with Crippen LogP contribution in [0.1, 0.15) is 28.7 Å². The van der Waals surface area contributed by atoms with Crippen LogP contribution >= 0.6 is 0 Å². The van der Waals surface area contributed by atoms with E-state index in [9.17, 15) is 14.4 Å². The lowest BCUT2D eigenvalue weighted by atomic mass is 10.1. The number of anilines is 2. The van der Waals surface area contributed by atoms with Gasteiger partial charge in [-0.2, -0.15) is 0 Å². The number of ketones is 1. The summed E-state index contributed by atoms with van der Waals surface area (Å²) in [6.07, 6.45) is 6.37. The molecule has 2 N–H and O–H groups in total. The van der Waals surface area contributed by atoms with Crippen molar-refractivity contribution in [2.45, 2.75) is 6.92 Å². The largest absolute Gasteiger partial charge is 0.331 e. The molecule has 0 aliphatic carbocycles. The minimum Gasteiger partial charge on any atom is -0.331 e. The average Bonchev–Trinajstić information content (AvgIpc) is 3.13. The number of rotatable bonds is 6. The zero-order valence-electron chi connectivity index (χ0n) is 16.0. The van der Waals surface area contributed by atoms with Crippen molar-refractivity contribution >= 4 is 35.0 Å². The van der Waals surface area contributed by atoms with Crippen LogP contribution in [0.3, 0.4) is 0 Å². The number of nitrogens with zero attached hydrogens (tertiary/aromatic N) is 2. The molecular formula is C22H20N4O3. The second kappa shape index (κ2) is 8.79. The molecule has 0 saturated carbocycles. The number of hydrogen-bond acceptors (Lipinski definition) is 4. The molecule has 0 aliphatic heterocycles. The van der Waals surface area contributed by atoms with Crippen LogP contribution < -0.4 is 10.6 Å². The van der Waals surface area contributed by atoms with Crippen LogP contribution in [0.5, 0.6) is 0 Å². The maximum Gasteiger partial charge on any atom is 0.248 e. The Kier molecular flexibility index (Phi) is 5.99. The summed E-state index contributed by atoms with van der Waals surface area (Å²) in [4.78, 5) is 39.6. The standard InChI is InChI=1S/C22H20N4O3/c1-15(27)24-18-8-3-16(4-9-18)5-12-20(28)25-19-10-6-17(7-11-19)21(29)22-23-13-14-26(22)2/h3-14H,1-2H3,(H,24,27)(H,25,28). The maximum atomic E-state index is 12.4. The quantitative estimate of drug-likeness (QED) is 0.501. The van der Waals surface area contributed by atoms with E-state index in [1.54, 1.807) is 78.6 Å². The van der Waals surface area contributed by atoms with Crippen molar-refractivity contribution in [1.29, 1.82) is 0 Å². The third kappa shape index (κ3) is 5.26. The molecule has 3 rings (SSSR count). The van der Waals surface area contributed by atoms with E-state index in [-0.39, 0.29) is 17.6 Å². The van der Waals surface area contributed by atoms with Gasteiger partial charge in [-0.05, 0) is 48.0 Å². The van der Waals surface area contributed by atoms with Crippen molar-refractivity contribution in [1.82, 2.24) is 9.55 Å². The zero-order chi connectivity index (χ0) is 20.8. The smallest absolute Gasteiger partial charge is 0.248 e. The Morgan fingerprint density at radius 1 is 0.931 bits per heavy atom. The lowest BCUT2D eigenvalue weighted by Gasteiger charge is -2.05. The highest BCUT2D eigenvalue weighted by atomic mass is 16.2. The summed E-state index contributed by atoms with van der Waals surface area (Å²) in [5.74, 6) is -0.258. The molecule has 7 nitrogen and oxygen atoms in total. The molecule has 0 unspecified atom stereocenters. The summed E-state index contributed by atoms with van der Waals surface area (Å²) in [7, 11) is 1.76. The first-order valence-electron chi connectivity index (χ1n) is 8.91. The SMILES string of the molecule is CC(=O)Nc1ccc(C=CC(=O)Nc2ccc(C(=O)c3nccn3C)cc2)cc1. The molecule has 2 aromatic carbocycles. The zero-order valence-corrected chi connectivity index (χ0v) is 16.0. The summed E-state index contributed by atoms with van der Waals surface area (Å²) in [5, 5.41) is 5.43. The first-order chi connectivity index (χ1) is 13.9.